The van der Waals surface area contributed by atoms with E-state index in [0.29, 0.717) is 67.7 Å². The average Bonchev–Trinajstić information content (AvgIpc) is 3.52. The van der Waals surface area contributed by atoms with E-state index in [9.17, 15) is 14.7 Å². The number of ether oxygens (including phenoxy) is 3. The van der Waals surface area contributed by atoms with Crippen molar-refractivity contribution in [1.29, 1.82) is 0 Å². The number of Topliss-reactive ketones (excluding diaryl/α,β-unsaturated/α-hetero) is 1. The van der Waals surface area contributed by atoms with Gasteiger partial charge in [0.25, 0.3) is 11.7 Å². The van der Waals surface area contributed by atoms with Gasteiger partial charge in [0.05, 0.1) is 37.8 Å². The molecule has 1 aromatic heterocycles. The van der Waals surface area contributed by atoms with Crippen molar-refractivity contribution in [3.8, 4) is 17.2 Å². The fourth-order valence-corrected chi connectivity index (χ4v) is 4.57. The summed E-state index contributed by atoms with van der Waals surface area (Å²) in [6.45, 7) is 7.97. The van der Waals surface area contributed by atoms with Crippen molar-refractivity contribution >= 4 is 17.4 Å². The summed E-state index contributed by atoms with van der Waals surface area (Å²) in [4.78, 5) is 32.2. The van der Waals surface area contributed by atoms with E-state index in [4.69, 9.17) is 14.2 Å². The van der Waals surface area contributed by atoms with Crippen LogP contribution in [-0.2, 0) is 16.1 Å². The summed E-state index contributed by atoms with van der Waals surface area (Å²) in [6, 6.07) is 11.3. The van der Waals surface area contributed by atoms with Gasteiger partial charge in [-0.25, -0.2) is 4.98 Å². The molecule has 1 amide bonds. The maximum Gasteiger partial charge on any atom is 0.295 e. The lowest BCUT2D eigenvalue weighted by Gasteiger charge is -2.26. The van der Waals surface area contributed by atoms with Crippen LogP contribution < -0.4 is 14.2 Å². The molecular weight excluding hydrogens is 486 g/mol. The SMILES string of the molecule is CCOc1ccc(/C(O)=C2\C(=O)C(=O)N(CCCn3ccnc3)[C@H]2c2ccc(OCC)c(OCC)c2)cc1. The molecule has 0 aliphatic carbocycles. The summed E-state index contributed by atoms with van der Waals surface area (Å²) in [5.41, 5.74) is 1.10. The van der Waals surface area contributed by atoms with Crippen LogP contribution in [-0.4, -0.2) is 57.6 Å². The van der Waals surface area contributed by atoms with Gasteiger partial charge in [0.15, 0.2) is 11.5 Å². The predicted molar refractivity (Wildman–Crippen MR) is 142 cm³/mol. The Balaban J connectivity index is 1.76. The highest BCUT2D eigenvalue weighted by molar-refractivity contribution is 6.46. The third-order valence-corrected chi connectivity index (χ3v) is 6.24. The smallest absolute Gasteiger partial charge is 0.295 e. The summed E-state index contributed by atoms with van der Waals surface area (Å²) in [5, 5.41) is 11.3. The van der Waals surface area contributed by atoms with Crippen LogP contribution in [0.1, 0.15) is 44.4 Å². The number of aromatic nitrogens is 2. The zero-order valence-corrected chi connectivity index (χ0v) is 21.9. The van der Waals surface area contributed by atoms with E-state index in [0.717, 1.165) is 0 Å². The number of ketones is 1. The second-order valence-electron chi connectivity index (χ2n) is 8.68. The molecule has 0 bridgehead atoms. The second kappa shape index (κ2) is 12.3. The number of hydrogen-bond acceptors (Lipinski definition) is 7. The van der Waals surface area contributed by atoms with Gasteiger partial charge in [0.1, 0.15) is 11.5 Å². The number of aliphatic hydroxyl groups excluding tert-OH is 1. The van der Waals surface area contributed by atoms with Gasteiger partial charge < -0.3 is 28.8 Å². The lowest BCUT2D eigenvalue weighted by atomic mass is 9.95. The molecule has 1 saturated heterocycles. The molecule has 200 valence electrons. The maximum atomic E-state index is 13.4. The van der Waals surface area contributed by atoms with Crippen molar-refractivity contribution in [2.75, 3.05) is 26.4 Å². The van der Waals surface area contributed by atoms with Crippen LogP contribution in [0.25, 0.3) is 5.76 Å². The van der Waals surface area contributed by atoms with Gasteiger partial charge in [-0.3, -0.25) is 9.59 Å². The number of carbonyl (C=O) groups excluding carboxylic acids is 2. The van der Waals surface area contributed by atoms with Crippen molar-refractivity contribution in [2.45, 2.75) is 39.8 Å². The van der Waals surface area contributed by atoms with E-state index in [1.807, 2.05) is 31.5 Å². The normalized spacial score (nSPS) is 16.6. The Morgan fingerprint density at radius 2 is 1.63 bits per heavy atom. The predicted octanol–water partition coefficient (Wildman–Crippen LogP) is 4.59. The van der Waals surface area contributed by atoms with Gasteiger partial charge in [-0.2, -0.15) is 0 Å². The fourth-order valence-electron chi connectivity index (χ4n) is 4.57. The fraction of sp³-hybridized carbons (Fsp3) is 0.345. The van der Waals surface area contributed by atoms with E-state index in [-0.39, 0.29) is 11.3 Å². The molecule has 4 rings (SSSR count). The number of benzene rings is 2. The molecule has 2 aromatic carbocycles. The number of nitrogens with zero attached hydrogens (tertiary/aromatic N) is 3. The first-order valence-electron chi connectivity index (χ1n) is 12.8. The van der Waals surface area contributed by atoms with Crippen LogP contribution in [0.3, 0.4) is 0 Å². The van der Waals surface area contributed by atoms with E-state index in [2.05, 4.69) is 4.98 Å². The van der Waals surface area contributed by atoms with Gasteiger partial charge >= 0.3 is 0 Å². The maximum absolute atomic E-state index is 13.4. The molecule has 0 saturated carbocycles. The van der Waals surface area contributed by atoms with Crippen LogP contribution in [0.2, 0.25) is 0 Å². The number of likely N-dealkylation sites (tertiary alicyclic amines) is 1. The van der Waals surface area contributed by atoms with Gasteiger partial charge in [-0.15, -0.1) is 0 Å². The zero-order valence-electron chi connectivity index (χ0n) is 21.9. The first-order chi connectivity index (χ1) is 18.5. The number of imidazole rings is 1. The van der Waals surface area contributed by atoms with Crippen molar-refractivity contribution < 1.29 is 28.9 Å². The van der Waals surface area contributed by atoms with Crippen molar-refractivity contribution in [2.24, 2.45) is 0 Å². The topological polar surface area (TPSA) is 103 Å². The van der Waals surface area contributed by atoms with Crippen LogP contribution in [0.4, 0.5) is 0 Å². The Hall–Kier alpha value is -4.27. The molecule has 0 radical (unpaired) electrons. The first kappa shape index (κ1) is 26.8. The van der Waals surface area contributed by atoms with Gasteiger partial charge in [-0.05, 0) is 69.2 Å². The molecule has 3 aromatic rings. The summed E-state index contributed by atoms with van der Waals surface area (Å²) < 4.78 is 18.9. The Bertz CT molecular complexity index is 1280. The Kier molecular flexibility index (Phi) is 8.68. The zero-order chi connectivity index (χ0) is 27.1. The standard InChI is InChI=1S/C29H33N3O6/c1-4-36-22-11-8-20(9-12-22)27(33)25-26(21-10-13-23(37-5-2)24(18-21)38-6-3)32(29(35)28(25)34)16-7-15-31-17-14-30-19-31/h8-14,17-19,26,33H,4-7,15-16H2,1-3H3/b27-25+/t26-/m0/s1. The first-order valence-corrected chi connectivity index (χ1v) is 12.8. The molecule has 1 aliphatic heterocycles. The molecule has 9 nitrogen and oxygen atoms in total. The molecule has 2 heterocycles. The molecule has 1 atom stereocenters. The minimum Gasteiger partial charge on any atom is -0.507 e. The Morgan fingerprint density at radius 1 is 0.921 bits per heavy atom. The Morgan fingerprint density at radius 3 is 2.29 bits per heavy atom. The second-order valence-corrected chi connectivity index (χ2v) is 8.68. The van der Waals surface area contributed by atoms with E-state index < -0.39 is 17.7 Å². The van der Waals surface area contributed by atoms with Crippen molar-refractivity contribution in [1.82, 2.24) is 14.5 Å². The average molecular weight is 520 g/mol. The molecule has 1 aliphatic rings. The summed E-state index contributed by atoms with van der Waals surface area (Å²) in [7, 11) is 0. The summed E-state index contributed by atoms with van der Waals surface area (Å²) in [5.74, 6) is 0.114. The summed E-state index contributed by atoms with van der Waals surface area (Å²) in [6.07, 6.45) is 5.84. The molecule has 9 heteroatoms. The highest BCUT2D eigenvalue weighted by atomic mass is 16.5. The monoisotopic (exact) mass is 519 g/mol. The number of amides is 1. The number of carbonyl (C=O) groups is 2. The largest absolute Gasteiger partial charge is 0.507 e. The Labute approximate surface area is 222 Å². The number of aliphatic hydroxyl groups is 1. The lowest BCUT2D eigenvalue weighted by molar-refractivity contribution is -0.139. The highest BCUT2D eigenvalue weighted by Gasteiger charge is 2.46. The molecule has 1 N–H and O–H groups in total. The van der Waals surface area contributed by atoms with E-state index in [1.165, 1.54) is 4.90 Å². The molecule has 1 fully saturated rings. The molecular formula is C29H33N3O6. The number of aryl methyl sites for hydroxylation is 1. The number of hydrogen-bond donors (Lipinski definition) is 1. The summed E-state index contributed by atoms with van der Waals surface area (Å²) >= 11 is 0. The van der Waals surface area contributed by atoms with E-state index in [1.54, 1.807) is 55.0 Å². The van der Waals surface area contributed by atoms with Crippen molar-refractivity contribution in [3.05, 3.63) is 77.9 Å². The van der Waals surface area contributed by atoms with Crippen LogP contribution in [0.5, 0.6) is 17.2 Å². The highest BCUT2D eigenvalue weighted by Crippen LogP contribution is 2.42. The minimum atomic E-state index is -0.792. The quantitative estimate of drug-likeness (QED) is 0.212. The third kappa shape index (κ3) is 5.66. The lowest BCUT2D eigenvalue weighted by Crippen LogP contribution is -2.31. The van der Waals surface area contributed by atoms with Crippen LogP contribution >= 0.6 is 0 Å². The van der Waals surface area contributed by atoms with Crippen LogP contribution in [0.15, 0.2) is 66.8 Å². The van der Waals surface area contributed by atoms with Crippen LogP contribution in [0, 0.1) is 0 Å². The van der Waals surface area contributed by atoms with Crippen molar-refractivity contribution in [3.63, 3.8) is 0 Å². The third-order valence-electron chi connectivity index (χ3n) is 6.24. The molecule has 38 heavy (non-hydrogen) atoms. The van der Waals surface area contributed by atoms with Gasteiger partial charge in [-0.1, -0.05) is 6.07 Å². The van der Waals surface area contributed by atoms with Gasteiger partial charge in [0, 0.05) is 31.0 Å². The number of rotatable bonds is 12. The molecule has 0 unspecified atom stereocenters. The van der Waals surface area contributed by atoms with E-state index >= 15 is 0 Å². The van der Waals surface area contributed by atoms with Gasteiger partial charge in [0.2, 0.25) is 0 Å². The minimum absolute atomic E-state index is 0.0356. The molecule has 0 spiro atoms.